The molecule has 0 aliphatic heterocycles. The molecule has 7 heteroatoms. The summed E-state index contributed by atoms with van der Waals surface area (Å²) in [6.07, 6.45) is 1.52. The van der Waals surface area contributed by atoms with Gasteiger partial charge in [-0.1, -0.05) is 18.2 Å². The van der Waals surface area contributed by atoms with Crippen molar-refractivity contribution >= 4 is 0 Å². The Bertz CT molecular complexity index is 957. The normalized spacial score (nSPS) is 22.7. The van der Waals surface area contributed by atoms with Gasteiger partial charge in [-0.05, 0) is 50.5 Å². The first-order chi connectivity index (χ1) is 13.0. The van der Waals surface area contributed by atoms with Crippen molar-refractivity contribution in [3.05, 3.63) is 59.8 Å². The molecule has 0 unspecified atom stereocenters. The third kappa shape index (κ3) is 3.61. The van der Waals surface area contributed by atoms with E-state index in [9.17, 15) is 9.50 Å². The van der Waals surface area contributed by atoms with Crippen LogP contribution in [0.4, 0.5) is 4.39 Å². The largest absolute Gasteiger partial charge is 0.392 e. The second-order valence-corrected chi connectivity index (χ2v) is 7.09. The monoisotopic (exact) mass is 367 g/mol. The summed E-state index contributed by atoms with van der Waals surface area (Å²) in [5.41, 5.74) is 7.57. The molecule has 6 nitrogen and oxygen atoms in total. The first-order valence-corrected chi connectivity index (χ1v) is 9.12. The van der Waals surface area contributed by atoms with Gasteiger partial charge in [-0.3, -0.25) is 0 Å². The molecule has 0 amide bonds. The van der Waals surface area contributed by atoms with Crippen LogP contribution in [0.25, 0.3) is 17.2 Å². The van der Waals surface area contributed by atoms with E-state index in [1.165, 1.54) is 12.1 Å². The SMILES string of the molecule is Cc1cccc(-n2nc(-c3cccc(F)c3)nc2[C@H]2CC[C@@H](O)[C@H](N)C2)n1. The van der Waals surface area contributed by atoms with E-state index in [0.29, 0.717) is 30.0 Å². The molecule has 1 aromatic carbocycles. The highest BCUT2D eigenvalue weighted by molar-refractivity contribution is 5.55. The highest BCUT2D eigenvalue weighted by atomic mass is 19.1. The minimum Gasteiger partial charge on any atom is -0.392 e. The topological polar surface area (TPSA) is 89.8 Å². The number of nitrogens with zero attached hydrogens (tertiary/aromatic N) is 4. The molecule has 2 heterocycles. The quantitative estimate of drug-likeness (QED) is 0.743. The van der Waals surface area contributed by atoms with E-state index in [4.69, 9.17) is 10.7 Å². The summed E-state index contributed by atoms with van der Waals surface area (Å²) in [6, 6.07) is 11.7. The molecule has 3 aromatic rings. The number of aliphatic hydroxyl groups excluding tert-OH is 1. The number of pyridine rings is 1. The standard InChI is InChI=1S/C20H22FN5O/c1-12-4-2-7-18(23-12)26-20(14-8-9-17(27)16(22)11-14)24-19(25-26)13-5-3-6-15(21)10-13/h2-7,10,14,16-17,27H,8-9,11,22H2,1H3/t14-,16+,17+/m0/s1. The van der Waals surface area contributed by atoms with Crippen molar-refractivity contribution in [3.8, 4) is 17.2 Å². The molecule has 140 valence electrons. The summed E-state index contributed by atoms with van der Waals surface area (Å²) >= 11 is 0. The lowest BCUT2D eigenvalue weighted by molar-refractivity contribution is 0.0989. The van der Waals surface area contributed by atoms with Gasteiger partial charge < -0.3 is 10.8 Å². The van der Waals surface area contributed by atoms with Crippen LogP contribution in [0.5, 0.6) is 0 Å². The Morgan fingerprint density at radius 2 is 1.96 bits per heavy atom. The third-order valence-electron chi connectivity index (χ3n) is 5.03. The maximum Gasteiger partial charge on any atom is 0.182 e. The molecule has 27 heavy (non-hydrogen) atoms. The highest BCUT2D eigenvalue weighted by Crippen LogP contribution is 2.33. The molecule has 1 fully saturated rings. The van der Waals surface area contributed by atoms with Gasteiger partial charge in [0.2, 0.25) is 0 Å². The van der Waals surface area contributed by atoms with Gasteiger partial charge in [-0.15, -0.1) is 5.10 Å². The summed E-state index contributed by atoms with van der Waals surface area (Å²) in [7, 11) is 0. The van der Waals surface area contributed by atoms with E-state index in [0.717, 1.165) is 17.9 Å². The van der Waals surface area contributed by atoms with E-state index in [1.54, 1.807) is 16.8 Å². The molecule has 2 aromatic heterocycles. The van der Waals surface area contributed by atoms with Crippen molar-refractivity contribution in [1.29, 1.82) is 0 Å². The zero-order chi connectivity index (χ0) is 19.0. The number of hydrogen-bond donors (Lipinski definition) is 2. The molecular weight excluding hydrogens is 345 g/mol. The molecule has 0 saturated heterocycles. The lowest BCUT2D eigenvalue weighted by Gasteiger charge is -2.30. The Balaban J connectivity index is 1.80. The van der Waals surface area contributed by atoms with Crippen LogP contribution in [0.2, 0.25) is 0 Å². The Morgan fingerprint density at radius 3 is 2.70 bits per heavy atom. The molecule has 3 N–H and O–H groups in total. The lowest BCUT2D eigenvalue weighted by Crippen LogP contribution is -2.40. The van der Waals surface area contributed by atoms with Crippen LogP contribution in [0.1, 0.15) is 36.7 Å². The fraction of sp³-hybridized carbons (Fsp3) is 0.350. The van der Waals surface area contributed by atoms with Gasteiger partial charge in [0.25, 0.3) is 0 Å². The number of aryl methyl sites for hydroxylation is 1. The zero-order valence-electron chi connectivity index (χ0n) is 15.1. The van der Waals surface area contributed by atoms with Crippen molar-refractivity contribution in [1.82, 2.24) is 19.7 Å². The summed E-state index contributed by atoms with van der Waals surface area (Å²) in [4.78, 5) is 9.28. The van der Waals surface area contributed by atoms with Gasteiger partial charge in [-0.25, -0.2) is 14.4 Å². The number of aromatic nitrogens is 4. The van der Waals surface area contributed by atoms with Crippen LogP contribution in [-0.4, -0.2) is 37.0 Å². The van der Waals surface area contributed by atoms with E-state index < -0.39 is 6.10 Å². The first-order valence-electron chi connectivity index (χ1n) is 9.12. The van der Waals surface area contributed by atoms with Crippen molar-refractivity contribution in [2.24, 2.45) is 5.73 Å². The van der Waals surface area contributed by atoms with Crippen molar-refractivity contribution in [2.75, 3.05) is 0 Å². The molecule has 3 atom stereocenters. The van der Waals surface area contributed by atoms with E-state index >= 15 is 0 Å². The van der Waals surface area contributed by atoms with Crippen LogP contribution in [0.3, 0.4) is 0 Å². The third-order valence-corrected chi connectivity index (χ3v) is 5.03. The van der Waals surface area contributed by atoms with Gasteiger partial charge in [0, 0.05) is 23.2 Å². The zero-order valence-corrected chi connectivity index (χ0v) is 15.1. The maximum absolute atomic E-state index is 13.7. The van der Waals surface area contributed by atoms with Crippen LogP contribution >= 0.6 is 0 Å². The van der Waals surface area contributed by atoms with Crippen LogP contribution in [0.15, 0.2) is 42.5 Å². The molecular formula is C20H22FN5O. The Labute approximate surface area is 156 Å². The van der Waals surface area contributed by atoms with Crippen LogP contribution in [-0.2, 0) is 0 Å². The molecule has 1 saturated carbocycles. The number of hydrogen-bond acceptors (Lipinski definition) is 5. The van der Waals surface area contributed by atoms with Gasteiger partial charge in [0.15, 0.2) is 11.6 Å². The fourth-order valence-corrected chi connectivity index (χ4v) is 3.58. The summed E-state index contributed by atoms with van der Waals surface area (Å²) in [5.74, 6) is 1.59. The van der Waals surface area contributed by atoms with Crippen LogP contribution < -0.4 is 5.73 Å². The van der Waals surface area contributed by atoms with Gasteiger partial charge >= 0.3 is 0 Å². The van der Waals surface area contributed by atoms with Gasteiger partial charge in [-0.2, -0.15) is 4.68 Å². The average Bonchev–Trinajstić information content (AvgIpc) is 3.09. The Morgan fingerprint density at radius 1 is 1.15 bits per heavy atom. The number of halogens is 1. The fourth-order valence-electron chi connectivity index (χ4n) is 3.58. The molecule has 4 rings (SSSR count). The Hall–Kier alpha value is -2.64. The van der Waals surface area contributed by atoms with Crippen molar-refractivity contribution in [3.63, 3.8) is 0 Å². The smallest absolute Gasteiger partial charge is 0.182 e. The molecule has 0 radical (unpaired) electrons. The molecule has 1 aliphatic carbocycles. The van der Waals surface area contributed by atoms with E-state index in [-0.39, 0.29) is 17.8 Å². The summed E-state index contributed by atoms with van der Waals surface area (Å²) in [6.45, 7) is 1.92. The maximum atomic E-state index is 13.7. The summed E-state index contributed by atoms with van der Waals surface area (Å²) in [5, 5.41) is 14.6. The molecule has 0 spiro atoms. The second kappa shape index (κ2) is 7.17. The predicted octanol–water partition coefficient (Wildman–Crippen LogP) is 2.73. The predicted molar refractivity (Wildman–Crippen MR) is 99.9 cm³/mol. The minimum atomic E-state index is -0.489. The molecule has 1 aliphatic rings. The average molecular weight is 367 g/mol. The minimum absolute atomic E-state index is 0.0560. The Kier molecular flexibility index (Phi) is 4.72. The highest BCUT2D eigenvalue weighted by Gasteiger charge is 2.31. The van der Waals surface area contributed by atoms with Gasteiger partial charge in [0.05, 0.1) is 6.10 Å². The first kappa shape index (κ1) is 17.8. The van der Waals surface area contributed by atoms with Crippen molar-refractivity contribution < 1.29 is 9.50 Å². The number of nitrogens with two attached hydrogens (primary N) is 1. The van der Waals surface area contributed by atoms with Crippen molar-refractivity contribution in [2.45, 2.75) is 44.2 Å². The number of benzene rings is 1. The second-order valence-electron chi connectivity index (χ2n) is 7.09. The van der Waals surface area contributed by atoms with E-state index in [1.807, 2.05) is 25.1 Å². The lowest BCUT2D eigenvalue weighted by atomic mass is 9.83. The summed E-state index contributed by atoms with van der Waals surface area (Å²) < 4.78 is 15.4. The number of aliphatic hydroxyl groups is 1. The molecule has 0 bridgehead atoms. The van der Waals surface area contributed by atoms with Crippen LogP contribution in [0, 0.1) is 12.7 Å². The van der Waals surface area contributed by atoms with E-state index in [2.05, 4.69) is 10.1 Å². The number of rotatable bonds is 3. The van der Waals surface area contributed by atoms with Gasteiger partial charge in [0.1, 0.15) is 11.6 Å².